The van der Waals surface area contributed by atoms with Crippen molar-refractivity contribution >= 4 is 39.5 Å². The maximum atomic E-state index is 11.6. The Morgan fingerprint density at radius 3 is 2.87 bits per heavy atom. The number of ether oxygens (including phenoxy) is 1. The molecule has 2 aromatic rings. The van der Waals surface area contributed by atoms with Crippen LogP contribution in [0, 0.1) is 10.5 Å². The first-order valence-electron chi connectivity index (χ1n) is 4.49. The van der Waals surface area contributed by atoms with E-state index in [0.717, 1.165) is 20.2 Å². The third-order valence-corrected chi connectivity index (χ3v) is 3.01. The number of aromatic amines is 1. The first-order chi connectivity index (χ1) is 7.13. The fourth-order valence-corrected chi connectivity index (χ4v) is 2.16. The molecule has 0 amide bonds. The van der Waals surface area contributed by atoms with Gasteiger partial charge in [0.25, 0.3) is 0 Å². The summed E-state index contributed by atoms with van der Waals surface area (Å²) in [5.74, 6) is -0.292. The van der Waals surface area contributed by atoms with Gasteiger partial charge in [0.2, 0.25) is 0 Å². The van der Waals surface area contributed by atoms with Crippen molar-refractivity contribution in [2.75, 3.05) is 7.11 Å². The minimum atomic E-state index is -0.292. The van der Waals surface area contributed by atoms with Crippen molar-refractivity contribution in [1.29, 1.82) is 0 Å². The van der Waals surface area contributed by atoms with Gasteiger partial charge in [0.1, 0.15) is 0 Å². The normalized spacial score (nSPS) is 10.6. The van der Waals surface area contributed by atoms with E-state index in [1.165, 1.54) is 7.11 Å². The topological polar surface area (TPSA) is 42.1 Å². The lowest BCUT2D eigenvalue weighted by Crippen LogP contribution is -2.01. The number of hydrogen-bond acceptors (Lipinski definition) is 2. The van der Waals surface area contributed by atoms with Crippen LogP contribution in [0.4, 0.5) is 0 Å². The number of benzene rings is 1. The van der Waals surface area contributed by atoms with Crippen LogP contribution >= 0.6 is 22.6 Å². The van der Waals surface area contributed by atoms with Gasteiger partial charge < -0.3 is 9.72 Å². The Morgan fingerprint density at radius 2 is 2.20 bits per heavy atom. The number of rotatable bonds is 1. The van der Waals surface area contributed by atoms with Crippen LogP contribution in [0.1, 0.15) is 16.1 Å². The van der Waals surface area contributed by atoms with Crippen molar-refractivity contribution in [3.8, 4) is 0 Å². The summed E-state index contributed by atoms with van der Waals surface area (Å²) >= 11 is 2.24. The number of fused-ring (bicyclic) bond motifs is 1. The van der Waals surface area contributed by atoms with E-state index in [4.69, 9.17) is 4.74 Å². The number of carbonyl (C=O) groups is 1. The van der Waals surface area contributed by atoms with Crippen molar-refractivity contribution in [3.63, 3.8) is 0 Å². The molecule has 0 unspecified atom stereocenters. The average molecular weight is 315 g/mol. The highest BCUT2D eigenvalue weighted by molar-refractivity contribution is 14.1. The average Bonchev–Trinajstić information content (AvgIpc) is 2.52. The van der Waals surface area contributed by atoms with E-state index in [9.17, 15) is 4.79 Å². The van der Waals surface area contributed by atoms with E-state index in [1.54, 1.807) is 0 Å². The molecule has 0 radical (unpaired) electrons. The lowest BCUT2D eigenvalue weighted by molar-refractivity contribution is 0.0602. The van der Waals surface area contributed by atoms with E-state index in [-0.39, 0.29) is 5.97 Å². The number of aromatic nitrogens is 1. The summed E-state index contributed by atoms with van der Waals surface area (Å²) in [6.07, 6.45) is 0. The second-order valence-electron chi connectivity index (χ2n) is 3.31. The summed E-state index contributed by atoms with van der Waals surface area (Å²) in [7, 11) is 1.40. The molecule has 78 valence electrons. The molecule has 1 N–H and O–H groups in total. The van der Waals surface area contributed by atoms with E-state index >= 15 is 0 Å². The maximum absolute atomic E-state index is 11.6. The van der Waals surface area contributed by atoms with Crippen LogP contribution in [-0.2, 0) is 4.74 Å². The number of carbonyl (C=O) groups excluding carboxylic acids is 1. The fourth-order valence-electron chi connectivity index (χ4n) is 1.67. The number of aryl methyl sites for hydroxylation is 1. The highest BCUT2D eigenvalue weighted by Gasteiger charge is 2.15. The molecule has 2 rings (SSSR count). The lowest BCUT2D eigenvalue weighted by atomic mass is 10.1. The minimum Gasteiger partial charge on any atom is -0.465 e. The Balaban J connectivity index is 2.73. The maximum Gasteiger partial charge on any atom is 0.340 e. The molecule has 0 saturated heterocycles. The molecule has 0 atom stereocenters. The smallest absolute Gasteiger partial charge is 0.340 e. The largest absolute Gasteiger partial charge is 0.465 e. The number of esters is 1. The molecule has 0 spiro atoms. The third kappa shape index (κ3) is 1.73. The summed E-state index contributed by atoms with van der Waals surface area (Å²) in [6, 6.07) is 5.92. The van der Waals surface area contributed by atoms with Crippen molar-refractivity contribution in [1.82, 2.24) is 4.98 Å². The van der Waals surface area contributed by atoms with E-state index < -0.39 is 0 Å². The quantitative estimate of drug-likeness (QED) is 0.649. The zero-order valence-corrected chi connectivity index (χ0v) is 10.6. The first-order valence-corrected chi connectivity index (χ1v) is 5.57. The molecule has 4 heteroatoms. The fraction of sp³-hybridized carbons (Fsp3) is 0.182. The van der Waals surface area contributed by atoms with Crippen LogP contribution in [0.3, 0.4) is 0 Å². The Labute approximate surface area is 101 Å². The molecule has 15 heavy (non-hydrogen) atoms. The van der Waals surface area contributed by atoms with Gasteiger partial charge >= 0.3 is 5.97 Å². The lowest BCUT2D eigenvalue weighted by Gasteiger charge is -1.98. The van der Waals surface area contributed by atoms with Gasteiger partial charge in [0, 0.05) is 20.2 Å². The molecule has 0 fully saturated rings. The summed E-state index contributed by atoms with van der Waals surface area (Å²) in [5, 5.41) is 0.916. The summed E-state index contributed by atoms with van der Waals surface area (Å²) in [5.41, 5.74) is 2.45. The van der Waals surface area contributed by atoms with Gasteiger partial charge in [-0.3, -0.25) is 0 Å². The number of halogens is 1. The Hall–Kier alpha value is -1.04. The minimum absolute atomic E-state index is 0.292. The Morgan fingerprint density at radius 1 is 1.47 bits per heavy atom. The number of H-pyrrole nitrogens is 1. The zero-order valence-electron chi connectivity index (χ0n) is 8.43. The van der Waals surface area contributed by atoms with E-state index in [0.29, 0.717) is 5.56 Å². The molecule has 0 bridgehead atoms. The molecular formula is C11H10INO2. The second-order valence-corrected chi connectivity index (χ2v) is 4.55. The van der Waals surface area contributed by atoms with Crippen LogP contribution in [0.25, 0.3) is 10.9 Å². The van der Waals surface area contributed by atoms with Crippen LogP contribution in [-0.4, -0.2) is 18.1 Å². The molecule has 1 aromatic heterocycles. The molecule has 0 aliphatic carbocycles. The second kappa shape index (κ2) is 3.84. The van der Waals surface area contributed by atoms with Crippen LogP contribution in [0.5, 0.6) is 0 Å². The highest BCUT2D eigenvalue weighted by atomic mass is 127. The first kappa shape index (κ1) is 10.5. The highest BCUT2D eigenvalue weighted by Crippen LogP contribution is 2.24. The number of methoxy groups -OCH3 is 1. The van der Waals surface area contributed by atoms with E-state index in [2.05, 4.69) is 27.6 Å². The standard InChI is InChI=1S/C11H10INO2/c1-6-10(11(14)15-2)8-4-3-7(12)5-9(8)13-6/h3-5,13H,1-2H3. The van der Waals surface area contributed by atoms with Gasteiger partial charge in [-0.1, -0.05) is 6.07 Å². The molecular weight excluding hydrogens is 305 g/mol. The predicted octanol–water partition coefficient (Wildman–Crippen LogP) is 2.87. The molecule has 0 aliphatic heterocycles. The monoisotopic (exact) mass is 315 g/mol. The van der Waals surface area contributed by atoms with Gasteiger partial charge in [-0.25, -0.2) is 4.79 Å². The van der Waals surface area contributed by atoms with Gasteiger partial charge in [-0.15, -0.1) is 0 Å². The zero-order chi connectivity index (χ0) is 11.0. The number of hydrogen-bond donors (Lipinski definition) is 1. The molecule has 3 nitrogen and oxygen atoms in total. The predicted molar refractivity (Wildman–Crippen MR) is 67.1 cm³/mol. The molecule has 1 heterocycles. The molecule has 1 aromatic carbocycles. The van der Waals surface area contributed by atoms with E-state index in [1.807, 2.05) is 25.1 Å². The summed E-state index contributed by atoms with van der Waals surface area (Å²) in [6.45, 7) is 1.87. The van der Waals surface area contributed by atoms with Gasteiger partial charge in [-0.2, -0.15) is 0 Å². The van der Waals surface area contributed by atoms with Crippen molar-refractivity contribution in [2.45, 2.75) is 6.92 Å². The van der Waals surface area contributed by atoms with Crippen LogP contribution in [0.2, 0.25) is 0 Å². The van der Waals surface area contributed by atoms with Gasteiger partial charge in [0.05, 0.1) is 12.7 Å². The third-order valence-electron chi connectivity index (χ3n) is 2.34. The van der Waals surface area contributed by atoms with Gasteiger partial charge in [0.15, 0.2) is 0 Å². The van der Waals surface area contributed by atoms with Gasteiger partial charge in [-0.05, 0) is 41.6 Å². The Bertz CT molecular complexity index is 531. The number of nitrogens with one attached hydrogen (secondary N) is 1. The SMILES string of the molecule is COC(=O)c1c(C)[nH]c2cc(I)ccc12. The van der Waals surface area contributed by atoms with Crippen molar-refractivity contribution in [3.05, 3.63) is 33.0 Å². The van der Waals surface area contributed by atoms with Crippen LogP contribution < -0.4 is 0 Å². The molecule has 0 saturated carbocycles. The van der Waals surface area contributed by atoms with Crippen LogP contribution in [0.15, 0.2) is 18.2 Å². The van der Waals surface area contributed by atoms with Crippen molar-refractivity contribution in [2.24, 2.45) is 0 Å². The molecule has 0 aliphatic rings. The summed E-state index contributed by atoms with van der Waals surface area (Å²) in [4.78, 5) is 14.7. The summed E-state index contributed by atoms with van der Waals surface area (Å²) < 4.78 is 5.89. The van der Waals surface area contributed by atoms with Crippen molar-refractivity contribution < 1.29 is 9.53 Å². The Kier molecular flexibility index (Phi) is 2.68.